The molecule has 0 aromatic carbocycles. The molecule has 2 aliphatic rings. The summed E-state index contributed by atoms with van der Waals surface area (Å²) >= 11 is 0. The molecule has 1 atom stereocenters. The fourth-order valence-electron chi connectivity index (χ4n) is 3.07. The molecule has 0 fully saturated rings. The average molecular weight is 299 g/mol. The molecule has 1 aliphatic carbocycles. The van der Waals surface area contributed by atoms with Gasteiger partial charge in [-0.15, -0.1) is 0 Å². The summed E-state index contributed by atoms with van der Waals surface area (Å²) < 4.78 is 1.35. The van der Waals surface area contributed by atoms with E-state index in [0.29, 0.717) is 11.7 Å². The summed E-state index contributed by atoms with van der Waals surface area (Å²) in [5.74, 6) is 0. The first-order valence-electron chi connectivity index (χ1n) is 7.92. The number of aryl methyl sites for hydroxylation is 1. The van der Waals surface area contributed by atoms with Gasteiger partial charge in [-0.05, 0) is 38.5 Å². The second-order valence-electron chi connectivity index (χ2n) is 5.87. The number of carbonyl (C=O) groups is 1. The first-order chi connectivity index (χ1) is 10.8. The fourth-order valence-corrected chi connectivity index (χ4v) is 3.07. The van der Waals surface area contributed by atoms with Gasteiger partial charge in [-0.1, -0.05) is 23.8 Å². The lowest BCUT2D eigenvalue weighted by Gasteiger charge is -2.26. The Morgan fingerprint density at radius 3 is 3.09 bits per heavy atom. The first-order valence-corrected chi connectivity index (χ1v) is 7.92. The molecule has 5 nitrogen and oxygen atoms in total. The number of anilines is 1. The van der Waals surface area contributed by atoms with E-state index in [1.165, 1.54) is 16.5 Å². The van der Waals surface area contributed by atoms with Crippen LogP contribution in [-0.2, 0) is 17.8 Å². The molecule has 116 valence electrons. The van der Waals surface area contributed by atoms with Crippen LogP contribution in [0.1, 0.15) is 37.8 Å². The van der Waals surface area contributed by atoms with Crippen molar-refractivity contribution in [1.29, 1.82) is 0 Å². The Morgan fingerprint density at radius 2 is 2.32 bits per heavy atom. The monoisotopic (exact) mass is 299 g/mol. The van der Waals surface area contributed by atoms with E-state index in [1.807, 2.05) is 0 Å². The Kier molecular flexibility index (Phi) is 4.51. The standard InChI is InChI=1S/C17H21N3O2/c21-11-10-20-12-18-15-9-8-14(19-16(15)17(20)22)7-6-13-4-2-1-3-5-13/h2,4-5,11-12,14,19H,1,3,6-10H2. The maximum Gasteiger partial charge on any atom is 0.277 e. The highest BCUT2D eigenvalue weighted by Crippen LogP contribution is 2.24. The zero-order valence-electron chi connectivity index (χ0n) is 12.6. The van der Waals surface area contributed by atoms with Crippen LogP contribution in [0.15, 0.2) is 34.9 Å². The van der Waals surface area contributed by atoms with Gasteiger partial charge in [0.25, 0.3) is 5.56 Å². The van der Waals surface area contributed by atoms with Crippen molar-refractivity contribution in [2.24, 2.45) is 0 Å². The van der Waals surface area contributed by atoms with Gasteiger partial charge in [-0.3, -0.25) is 9.36 Å². The molecule has 2 heterocycles. The lowest BCUT2D eigenvalue weighted by Crippen LogP contribution is -2.34. The molecular formula is C17H21N3O2. The number of nitrogens with one attached hydrogen (secondary N) is 1. The Labute approximate surface area is 129 Å². The van der Waals surface area contributed by atoms with Gasteiger partial charge in [0.2, 0.25) is 0 Å². The molecule has 0 spiro atoms. The highest BCUT2D eigenvalue weighted by molar-refractivity contribution is 5.52. The molecule has 1 unspecified atom stereocenters. The van der Waals surface area contributed by atoms with E-state index in [0.717, 1.165) is 50.5 Å². The zero-order chi connectivity index (χ0) is 15.4. The van der Waals surface area contributed by atoms with E-state index >= 15 is 0 Å². The van der Waals surface area contributed by atoms with Crippen molar-refractivity contribution in [2.45, 2.75) is 51.1 Å². The fraction of sp³-hybridized carbons (Fsp3) is 0.471. The Bertz CT molecular complexity index is 673. The highest BCUT2D eigenvalue weighted by Gasteiger charge is 2.22. The normalized spacial score (nSPS) is 20.0. The third-order valence-corrected chi connectivity index (χ3v) is 4.32. The molecule has 0 bridgehead atoms. The summed E-state index contributed by atoms with van der Waals surface area (Å²) in [5.41, 5.74) is 2.65. The van der Waals surface area contributed by atoms with Crippen molar-refractivity contribution in [3.63, 3.8) is 0 Å². The summed E-state index contributed by atoms with van der Waals surface area (Å²) in [6, 6.07) is 0.297. The number of hydrogen-bond donors (Lipinski definition) is 1. The summed E-state index contributed by atoms with van der Waals surface area (Å²) in [7, 11) is 0. The van der Waals surface area contributed by atoms with Crippen molar-refractivity contribution in [3.8, 4) is 0 Å². The van der Waals surface area contributed by atoms with Crippen molar-refractivity contribution < 1.29 is 4.79 Å². The minimum atomic E-state index is -0.140. The second kappa shape index (κ2) is 6.73. The topological polar surface area (TPSA) is 64.0 Å². The van der Waals surface area contributed by atoms with E-state index in [1.54, 1.807) is 0 Å². The molecule has 22 heavy (non-hydrogen) atoms. The number of fused-ring (bicyclic) bond motifs is 1. The lowest BCUT2D eigenvalue weighted by atomic mass is 9.95. The van der Waals surface area contributed by atoms with E-state index in [4.69, 9.17) is 0 Å². The third kappa shape index (κ3) is 3.18. The van der Waals surface area contributed by atoms with E-state index in [9.17, 15) is 9.59 Å². The predicted octanol–water partition coefficient (Wildman–Crippen LogP) is 2.23. The van der Waals surface area contributed by atoms with Crippen LogP contribution in [-0.4, -0.2) is 21.9 Å². The summed E-state index contributed by atoms with van der Waals surface area (Å²) in [5, 5.41) is 3.34. The smallest absolute Gasteiger partial charge is 0.277 e. The van der Waals surface area contributed by atoms with Crippen LogP contribution in [0, 0.1) is 0 Å². The summed E-state index contributed by atoms with van der Waals surface area (Å²) in [6.45, 7) is 0.0587. The molecule has 1 N–H and O–H groups in total. The molecule has 3 rings (SSSR count). The number of aromatic nitrogens is 2. The molecule has 0 amide bonds. The van der Waals surface area contributed by atoms with Crippen molar-refractivity contribution >= 4 is 12.0 Å². The number of hydrogen-bond acceptors (Lipinski definition) is 4. The summed E-state index contributed by atoms with van der Waals surface area (Å²) in [4.78, 5) is 27.3. The lowest BCUT2D eigenvalue weighted by molar-refractivity contribution is -0.108. The molecule has 1 aromatic heterocycles. The largest absolute Gasteiger partial charge is 0.376 e. The van der Waals surface area contributed by atoms with E-state index in [2.05, 4.69) is 28.5 Å². The maximum absolute atomic E-state index is 12.3. The van der Waals surface area contributed by atoms with Crippen LogP contribution in [0.5, 0.6) is 0 Å². The summed E-state index contributed by atoms with van der Waals surface area (Å²) in [6.07, 6.45) is 15.0. The minimum Gasteiger partial charge on any atom is -0.376 e. The Hall–Kier alpha value is -2.17. The van der Waals surface area contributed by atoms with E-state index < -0.39 is 0 Å². The Morgan fingerprint density at radius 1 is 1.41 bits per heavy atom. The van der Waals surface area contributed by atoms with Crippen LogP contribution >= 0.6 is 0 Å². The average Bonchev–Trinajstić information content (AvgIpc) is 2.57. The van der Waals surface area contributed by atoms with Gasteiger partial charge < -0.3 is 10.1 Å². The molecule has 0 saturated heterocycles. The maximum atomic E-state index is 12.3. The predicted molar refractivity (Wildman–Crippen MR) is 86.0 cm³/mol. The minimum absolute atomic E-state index is 0.0587. The Balaban J connectivity index is 1.68. The number of allylic oxidation sites excluding steroid dienone is 4. The molecular weight excluding hydrogens is 278 g/mol. The number of carbonyl (C=O) groups excluding carboxylic acids is 1. The molecule has 0 saturated carbocycles. The molecule has 0 radical (unpaired) electrons. The van der Waals surface area contributed by atoms with Crippen molar-refractivity contribution in [3.05, 3.63) is 46.2 Å². The van der Waals surface area contributed by atoms with Gasteiger partial charge >= 0.3 is 0 Å². The van der Waals surface area contributed by atoms with Gasteiger partial charge in [0.15, 0.2) is 0 Å². The van der Waals surface area contributed by atoms with Crippen LogP contribution in [0.3, 0.4) is 0 Å². The van der Waals surface area contributed by atoms with Crippen molar-refractivity contribution in [1.82, 2.24) is 9.55 Å². The van der Waals surface area contributed by atoms with E-state index in [-0.39, 0.29) is 12.1 Å². The van der Waals surface area contributed by atoms with Gasteiger partial charge in [0.05, 0.1) is 18.6 Å². The first kappa shape index (κ1) is 14.8. The van der Waals surface area contributed by atoms with Gasteiger partial charge in [-0.25, -0.2) is 4.98 Å². The highest BCUT2D eigenvalue weighted by atomic mass is 16.1. The molecule has 1 aromatic rings. The van der Waals surface area contributed by atoms with Crippen LogP contribution in [0.2, 0.25) is 0 Å². The van der Waals surface area contributed by atoms with Crippen LogP contribution < -0.4 is 10.9 Å². The number of nitrogens with zero attached hydrogens (tertiary/aromatic N) is 2. The number of aldehydes is 1. The van der Waals surface area contributed by atoms with Crippen molar-refractivity contribution in [2.75, 3.05) is 5.32 Å². The second-order valence-corrected chi connectivity index (χ2v) is 5.87. The molecule has 1 aliphatic heterocycles. The van der Waals surface area contributed by atoms with Gasteiger partial charge in [-0.2, -0.15) is 0 Å². The zero-order valence-corrected chi connectivity index (χ0v) is 12.6. The molecule has 5 heteroatoms. The SMILES string of the molecule is O=CCn1cnc2c(c1=O)NC(CCC1=CCCC=C1)CC2. The third-order valence-electron chi connectivity index (χ3n) is 4.32. The van der Waals surface area contributed by atoms with Gasteiger partial charge in [0.1, 0.15) is 12.0 Å². The van der Waals surface area contributed by atoms with Gasteiger partial charge in [0, 0.05) is 6.04 Å². The number of rotatable bonds is 5. The quantitative estimate of drug-likeness (QED) is 0.847. The van der Waals surface area contributed by atoms with Crippen LogP contribution in [0.4, 0.5) is 5.69 Å². The van der Waals surface area contributed by atoms with Crippen LogP contribution in [0.25, 0.3) is 0 Å².